The topological polar surface area (TPSA) is 65.3 Å². The number of nitro groups is 1. The van der Waals surface area contributed by atoms with Gasteiger partial charge in [0.05, 0.1) is 16.4 Å². The summed E-state index contributed by atoms with van der Waals surface area (Å²) in [4.78, 5) is 14.7. The van der Waals surface area contributed by atoms with E-state index < -0.39 is 4.92 Å². The van der Waals surface area contributed by atoms with E-state index in [1.165, 1.54) is 6.07 Å². The summed E-state index contributed by atoms with van der Waals surface area (Å²) in [5.41, 5.74) is 0.629. The molecule has 0 saturated heterocycles. The van der Waals surface area contributed by atoms with Gasteiger partial charge in [-0.05, 0) is 31.0 Å². The Labute approximate surface area is 97.2 Å². The maximum Gasteiger partial charge on any atom is 0.279 e. The van der Waals surface area contributed by atoms with Crippen molar-refractivity contribution in [3.63, 3.8) is 0 Å². The van der Waals surface area contributed by atoms with Crippen LogP contribution < -0.4 is 4.74 Å². The Bertz CT molecular complexity index is 593. The standard InChI is InChI=1S/C12H10N2O3/c15-14(16)10-5-6-11(17-8-3-4-8)12-9(10)2-1-7-13-12/h1-2,5-8H,3-4H2. The maximum atomic E-state index is 10.9. The molecule has 1 aliphatic carbocycles. The predicted octanol–water partition coefficient (Wildman–Crippen LogP) is 2.68. The lowest BCUT2D eigenvalue weighted by atomic mass is 10.1. The van der Waals surface area contributed by atoms with Crippen LogP contribution in [0.3, 0.4) is 0 Å². The van der Waals surface area contributed by atoms with E-state index >= 15 is 0 Å². The minimum atomic E-state index is -0.398. The van der Waals surface area contributed by atoms with E-state index in [4.69, 9.17) is 4.74 Å². The first kappa shape index (κ1) is 10.0. The van der Waals surface area contributed by atoms with Crippen molar-refractivity contribution in [2.45, 2.75) is 18.9 Å². The number of benzene rings is 1. The van der Waals surface area contributed by atoms with Crippen molar-refractivity contribution in [1.82, 2.24) is 4.98 Å². The molecular formula is C12H10N2O3. The van der Waals surface area contributed by atoms with E-state index in [0.29, 0.717) is 16.7 Å². The van der Waals surface area contributed by atoms with Crippen molar-refractivity contribution in [1.29, 1.82) is 0 Å². The van der Waals surface area contributed by atoms with Crippen LogP contribution in [0.4, 0.5) is 5.69 Å². The number of rotatable bonds is 3. The molecule has 0 unspecified atom stereocenters. The highest BCUT2D eigenvalue weighted by atomic mass is 16.6. The van der Waals surface area contributed by atoms with E-state index in [2.05, 4.69) is 4.98 Å². The van der Waals surface area contributed by atoms with Crippen molar-refractivity contribution < 1.29 is 9.66 Å². The lowest BCUT2D eigenvalue weighted by molar-refractivity contribution is -0.383. The summed E-state index contributed by atoms with van der Waals surface area (Å²) in [7, 11) is 0. The normalized spacial score (nSPS) is 14.8. The molecule has 0 atom stereocenters. The van der Waals surface area contributed by atoms with Crippen LogP contribution in [0.25, 0.3) is 10.9 Å². The monoisotopic (exact) mass is 230 g/mol. The van der Waals surface area contributed by atoms with Gasteiger partial charge in [0.1, 0.15) is 11.3 Å². The van der Waals surface area contributed by atoms with E-state index in [0.717, 1.165) is 12.8 Å². The van der Waals surface area contributed by atoms with Crippen molar-refractivity contribution in [3.05, 3.63) is 40.6 Å². The third kappa shape index (κ3) is 1.80. The number of hydrogen-bond donors (Lipinski definition) is 0. The number of nitrogens with zero attached hydrogens (tertiary/aromatic N) is 2. The molecule has 17 heavy (non-hydrogen) atoms. The molecule has 0 amide bonds. The number of nitro benzene ring substituents is 1. The predicted molar refractivity (Wildman–Crippen MR) is 62.0 cm³/mol. The molecule has 0 aliphatic heterocycles. The Kier molecular flexibility index (Phi) is 2.18. The lowest BCUT2D eigenvalue weighted by Crippen LogP contribution is -1.99. The summed E-state index contributed by atoms with van der Waals surface area (Å²) < 4.78 is 5.69. The Hall–Kier alpha value is -2.17. The van der Waals surface area contributed by atoms with Crippen LogP contribution in [-0.2, 0) is 0 Å². The highest BCUT2D eigenvalue weighted by molar-refractivity contribution is 5.92. The van der Waals surface area contributed by atoms with E-state index in [-0.39, 0.29) is 11.8 Å². The third-order valence-corrected chi connectivity index (χ3v) is 2.72. The third-order valence-electron chi connectivity index (χ3n) is 2.72. The van der Waals surface area contributed by atoms with Crippen molar-refractivity contribution in [2.75, 3.05) is 0 Å². The number of pyridine rings is 1. The van der Waals surface area contributed by atoms with Gasteiger partial charge in [0.25, 0.3) is 5.69 Å². The van der Waals surface area contributed by atoms with Crippen LogP contribution in [0.5, 0.6) is 5.75 Å². The maximum absolute atomic E-state index is 10.9. The number of non-ortho nitro benzene ring substituents is 1. The minimum absolute atomic E-state index is 0.0660. The minimum Gasteiger partial charge on any atom is -0.488 e. The Balaban J connectivity index is 2.18. The number of aromatic nitrogens is 1. The highest BCUT2D eigenvalue weighted by Crippen LogP contribution is 2.34. The molecular weight excluding hydrogens is 220 g/mol. The fraction of sp³-hybridized carbons (Fsp3) is 0.250. The summed E-state index contributed by atoms with van der Waals surface area (Å²) in [6, 6.07) is 6.49. The van der Waals surface area contributed by atoms with Crippen LogP contribution in [-0.4, -0.2) is 16.0 Å². The van der Waals surface area contributed by atoms with Gasteiger partial charge in [0, 0.05) is 12.3 Å². The van der Waals surface area contributed by atoms with Gasteiger partial charge in [-0.15, -0.1) is 0 Å². The van der Waals surface area contributed by atoms with Gasteiger partial charge in [-0.25, -0.2) is 0 Å². The molecule has 0 radical (unpaired) electrons. The molecule has 0 bridgehead atoms. The molecule has 86 valence electrons. The van der Waals surface area contributed by atoms with E-state index in [1.54, 1.807) is 24.4 Å². The molecule has 5 nitrogen and oxygen atoms in total. The number of fused-ring (bicyclic) bond motifs is 1. The Morgan fingerprint density at radius 3 is 2.88 bits per heavy atom. The summed E-state index contributed by atoms with van der Waals surface area (Å²) in [5, 5.41) is 11.4. The molecule has 1 heterocycles. The van der Waals surface area contributed by atoms with Gasteiger partial charge in [0.2, 0.25) is 0 Å². The number of ether oxygens (including phenoxy) is 1. The fourth-order valence-corrected chi connectivity index (χ4v) is 1.75. The van der Waals surface area contributed by atoms with Gasteiger partial charge >= 0.3 is 0 Å². The van der Waals surface area contributed by atoms with Gasteiger partial charge in [-0.2, -0.15) is 0 Å². The van der Waals surface area contributed by atoms with E-state index in [1.807, 2.05) is 0 Å². The summed E-state index contributed by atoms with van der Waals surface area (Å²) >= 11 is 0. The van der Waals surface area contributed by atoms with E-state index in [9.17, 15) is 10.1 Å². The van der Waals surface area contributed by atoms with Gasteiger partial charge < -0.3 is 4.74 Å². The number of hydrogen-bond acceptors (Lipinski definition) is 4. The van der Waals surface area contributed by atoms with Gasteiger partial charge in [-0.3, -0.25) is 15.1 Å². The molecule has 1 aliphatic rings. The second-order valence-corrected chi connectivity index (χ2v) is 4.06. The largest absolute Gasteiger partial charge is 0.488 e. The van der Waals surface area contributed by atoms with Crippen LogP contribution in [0, 0.1) is 10.1 Å². The first-order chi connectivity index (χ1) is 8.25. The van der Waals surface area contributed by atoms with Crippen LogP contribution in [0.15, 0.2) is 30.5 Å². The van der Waals surface area contributed by atoms with Gasteiger partial charge in [-0.1, -0.05) is 0 Å². The SMILES string of the molecule is O=[N+]([O-])c1ccc(OC2CC2)c2ncccc12. The molecule has 3 rings (SSSR count). The second kappa shape index (κ2) is 3.69. The molecule has 1 saturated carbocycles. The smallest absolute Gasteiger partial charge is 0.279 e. The Morgan fingerprint density at radius 2 is 2.18 bits per heavy atom. The molecule has 0 N–H and O–H groups in total. The van der Waals surface area contributed by atoms with Crippen molar-refractivity contribution in [2.24, 2.45) is 0 Å². The summed E-state index contributed by atoms with van der Waals surface area (Å²) in [6.07, 6.45) is 3.96. The van der Waals surface area contributed by atoms with Crippen LogP contribution in [0.1, 0.15) is 12.8 Å². The molecule has 0 spiro atoms. The zero-order valence-corrected chi connectivity index (χ0v) is 9.00. The molecule has 5 heteroatoms. The van der Waals surface area contributed by atoms with Crippen molar-refractivity contribution >= 4 is 16.6 Å². The first-order valence-electron chi connectivity index (χ1n) is 5.44. The van der Waals surface area contributed by atoms with Crippen LogP contribution >= 0.6 is 0 Å². The zero-order chi connectivity index (χ0) is 11.8. The second-order valence-electron chi connectivity index (χ2n) is 4.06. The molecule has 1 fully saturated rings. The highest BCUT2D eigenvalue weighted by Gasteiger charge is 2.25. The quantitative estimate of drug-likeness (QED) is 0.600. The fourth-order valence-electron chi connectivity index (χ4n) is 1.75. The lowest BCUT2D eigenvalue weighted by Gasteiger charge is -2.07. The van der Waals surface area contributed by atoms with Crippen molar-refractivity contribution in [3.8, 4) is 5.75 Å². The first-order valence-corrected chi connectivity index (χ1v) is 5.44. The van der Waals surface area contributed by atoms with Crippen LogP contribution in [0.2, 0.25) is 0 Å². The average Bonchev–Trinajstić information content (AvgIpc) is 3.13. The molecule has 1 aromatic heterocycles. The van der Waals surface area contributed by atoms with Gasteiger partial charge in [0.15, 0.2) is 0 Å². The Morgan fingerprint density at radius 1 is 1.35 bits per heavy atom. The zero-order valence-electron chi connectivity index (χ0n) is 9.00. The summed E-state index contributed by atoms with van der Waals surface area (Å²) in [5.74, 6) is 0.633. The molecule has 2 aromatic rings. The molecule has 1 aromatic carbocycles. The summed E-state index contributed by atoms with van der Waals surface area (Å²) in [6.45, 7) is 0. The average molecular weight is 230 g/mol.